The molecule has 0 fully saturated rings. The fraction of sp³-hybridized carbons (Fsp3) is 1.00. The van der Waals surface area contributed by atoms with Crippen LogP contribution in [0, 0.1) is 0 Å². The molecule has 0 N–H and O–H groups in total. The van der Waals surface area contributed by atoms with Crippen molar-refractivity contribution in [3.63, 3.8) is 0 Å². The van der Waals surface area contributed by atoms with Crippen LogP contribution in [0.3, 0.4) is 0 Å². The van der Waals surface area contributed by atoms with E-state index in [4.69, 9.17) is 13.6 Å². The Hall–Kier alpha value is 0.0300. The van der Waals surface area contributed by atoms with Crippen LogP contribution >= 0.6 is 7.82 Å². The molecule has 0 heterocycles. The fourth-order valence-corrected chi connectivity index (χ4v) is 8.76. The molecule has 0 unspecified atom stereocenters. The highest BCUT2D eigenvalue weighted by atomic mass is 31.2. The van der Waals surface area contributed by atoms with E-state index in [0.717, 1.165) is 26.1 Å². The van der Waals surface area contributed by atoms with Crippen LogP contribution in [-0.4, -0.2) is 68.9 Å². The van der Waals surface area contributed by atoms with Gasteiger partial charge in [-0.15, -0.1) is 0 Å². The van der Waals surface area contributed by atoms with E-state index in [1.54, 1.807) is 0 Å². The largest absolute Gasteiger partial charge is 0.474 e. The molecule has 6 nitrogen and oxygen atoms in total. The van der Waals surface area contributed by atoms with Gasteiger partial charge in [-0.05, 0) is 78.7 Å². The maximum absolute atomic E-state index is 12.8. The van der Waals surface area contributed by atoms with Crippen molar-refractivity contribution in [1.29, 1.82) is 0 Å². The van der Waals surface area contributed by atoms with E-state index < -0.39 is 7.82 Å². The summed E-state index contributed by atoms with van der Waals surface area (Å²) in [5, 5.41) is 0. The summed E-state index contributed by atoms with van der Waals surface area (Å²) in [6.07, 6.45) is 43.9. The predicted molar refractivity (Wildman–Crippen MR) is 234 cm³/mol. The van der Waals surface area contributed by atoms with Crippen molar-refractivity contribution in [3.8, 4) is 0 Å². The van der Waals surface area contributed by atoms with E-state index in [0.29, 0.717) is 19.8 Å². The third-order valence-electron chi connectivity index (χ3n) is 10.9. The van der Waals surface area contributed by atoms with Gasteiger partial charge in [-0.2, -0.15) is 0 Å². The Kier molecular flexibility index (Phi) is 43.2. The SMILES string of the molecule is CCCCCCCCCCCCN(CCCCCCCCCCCC)CCCN(CCCCCCCCCCCC)CCCOP(=O)(OCC)OCC. The third kappa shape index (κ3) is 38.7. The summed E-state index contributed by atoms with van der Waals surface area (Å²) in [6.45, 7) is 18.7. The second-order valence-corrected chi connectivity index (χ2v) is 17.7. The van der Waals surface area contributed by atoms with E-state index in [1.807, 2.05) is 13.8 Å². The van der Waals surface area contributed by atoms with Crippen molar-refractivity contribution in [2.24, 2.45) is 0 Å². The minimum Gasteiger partial charge on any atom is -0.303 e. The lowest BCUT2D eigenvalue weighted by molar-refractivity contribution is 0.116. The van der Waals surface area contributed by atoms with Crippen LogP contribution in [-0.2, 0) is 18.1 Å². The van der Waals surface area contributed by atoms with Gasteiger partial charge in [-0.1, -0.05) is 194 Å². The lowest BCUT2D eigenvalue weighted by Gasteiger charge is -2.26. The van der Waals surface area contributed by atoms with Gasteiger partial charge in [0.15, 0.2) is 0 Å². The van der Waals surface area contributed by atoms with Crippen LogP contribution in [0.25, 0.3) is 0 Å². The molecule has 0 spiro atoms. The summed E-state index contributed by atoms with van der Waals surface area (Å²) in [5.41, 5.74) is 0. The quantitative estimate of drug-likeness (QED) is 0.0454. The van der Waals surface area contributed by atoms with Crippen LogP contribution in [0.1, 0.15) is 240 Å². The Bertz CT molecular complexity index is 708. The molecule has 0 saturated heterocycles. The normalized spacial score (nSPS) is 12.2. The molecule has 0 bridgehead atoms. The Morgan fingerprint density at radius 3 is 0.830 bits per heavy atom. The minimum absolute atomic E-state index is 0.330. The molecular weight excluding hydrogens is 675 g/mol. The standard InChI is InChI=1S/C46H97N2O4P/c1-6-11-14-17-20-23-26-29-32-35-40-47(41-36-33-30-27-24-21-18-15-12-7-2)43-38-44-48(42-37-34-31-28-25-22-19-16-13-8-3)45-39-46-52-53(49,50-9-4)51-10-5/h6-46H2,1-5H3. The Morgan fingerprint density at radius 2 is 0.547 bits per heavy atom. The van der Waals surface area contributed by atoms with Crippen LogP contribution in [0.4, 0.5) is 0 Å². The number of hydrogen-bond donors (Lipinski definition) is 0. The third-order valence-corrected chi connectivity index (χ3v) is 12.5. The first-order valence-corrected chi connectivity index (χ1v) is 25.5. The highest BCUT2D eigenvalue weighted by Gasteiger charge is 2.25. The van der Waals surface area contributed by atoms with Crippen molar-refractivity contribution in [3.05, 3.63) is 0 Å². The number of nitrogens with zero attached hydrogens (tertiary/aromatic N) is 2. The maximum Gasteiger partial charge on any atom is 0.474 e. The highest BCUT2D eigenvalue weighted by Crippen LogP contribution is 2.49. The van der Waals surface area contributed by atoms with E-state index in [2.05, 4.69) is 30.6 Å². The van der Waals surface area contributed by atoms with Crippen LogP contribution in [0.15, 0.2) is 0 Å². The van der Waals surface area contributed by atoms with Crippen molar-refractivity contribution < 1.29 is 18.1 Å². The fourth-order valence-electron chi connectivity index (χ4n) is 7.55. The summed E-state index contributed by atoms with van der Waals surface area (Å²) in [7, 11) is -3.44. The zero-order valence-corrected chi connectivity index (χ0v) is 37.9. The molecule has 0 aromatic carbocycles. The van der Waals surface area contributed by atoms with Gasteiger partial charge in [0.25, 0.3) is 0 Å². The van der Waals surface area contributed by atoms with Gasteiger partial charge < -0.3 is 9.80 Å². The molecule has 0 amide bonds. The van der Waals surface area contributed by atoms with Gasteiger partial charge in [0.05, 0.1) is 19.8 Å². The van der Waals surface area contributed by atoms with E-state index >= 15 is 0 Å². The molecule has 0 aliphatic rings. The monoisotopic (exact) mass is 773 g/mol. The van der Waals surface area contributed by atoms with E-state index in [1.165, 1.54) is 219 Å². The smallest absolute Gasteiger partial charge is 0.303 e. The van der Waals surface area contributed by atoms with Gasteiger partial charge in [0.2, 0.25) is 0 Å². The highest BCUT2D eigenvalue weighted by molar-refractivity contribution is 7.48. The summed E-state index contributed by atoms with van der Waals surface area (Å²) < 4.78 is 29.2. The topological polar surface area (TPSA) is 51.2 Å². The van der Waals surface area contributed by atoms with Gasteiger partial charge in [0.1, 0.15) is 0 Å². The van der Waals surface area contributed by atoms with Crippen molar-refractivity contribution in [2.75, 3.05) is 59.1 Å². The van der Waals surface area contributed by atoms with Crippen LogP contribution in [0.5, 0.6) is 0 Å². The molecule has 7 heteroatoms. The van der Waals surface area contributed by atoms with Crippen LogP contribution in [0.2, 0.25) is 0 Å². The molecular formula is C46H97N2O4P. The Labute approximate surface area is 334 Å². The molecule has 53 heavy (non-hydrogen) atoms. The van der Waals surface area contributed by atoms with Gasteiger partial charge >= 0.3 is 7.82 Å². The number of unbranched alkanes of at least 4 members (excludes halogenated alkanes) is 27. The molecule has 0 aliphatic heterocycles. The second-order valence-electron chi connectivity index (χ2n) is 16.1. The minimum atomic E-state index is -3.44. The average molecular weight is 773 g/mol. The molecule has 0 radical (unpaired) electrons. The molecule has 0 aliphatic carbocycles. The zero-order chi connectivity index (χ0) is 38.8. The van der Waals surface area contributed by atoms with Crippen molar-refractivity contribution >= 4 is 7.82 Å². The number of phosphoric acid groups is 1. The van der Waals surface area contributed by atoms with Gasteiger partial charge in [-0.3, -0.25) is 13.6 Å². The first-order valence-electron chi connectivity index (χ1n) is 24.0. The molecule has 0 rings (SSSR count). The molecule has 0 atom stereocenters. The molecule has 0 saturated carbocycles. The lowest BCUT2D eigenvalue weighted by atomic mass is 10.1. The summed E-state index contributed by atoms with van der Waals surface area (Å²) >= 11 is 0. The first-order chi connectivity index (χ1) is 26.0. The maximum atomic E-state index is 12.8. The van der Waals surface area contributed by atoms with Crippen molar-refractivity contribution in [2.45, 2.75) is 240 Å². The molecule has 0 aromatic rings. The zero-order valence-electron chi connectivity index (χ0n) is 37.0. The van der Waals surface area contributed by atoms with E-state index in [-0.39, 0.29) is 0 Å². The first kappa shape index (κ1) is 53.0. The number of phosphoric ester groups is 1. The van der Waals surface area contributed by atoms with Gasteiger partial charge in [0, 0.05) is 6.54 Å². The number of rotatable bonds is 46. The predicted octanol–water partition coefficient (Wildman–Crippen LogP) is 15.3. The second kappa shape index (κ2) is 43.2. The van der Waals surface area contributed by atoms with Crippen molar-refractivity contribution in [1.82, 2.24) is 9.80 Å². The summed E-state index contributed by atoms with van der Waals surface area (Å²) in [5.74, 6) is 0. The Morgan fingerprint density at radius 1 is 0.302 bits per heavy atom. The van der Waals surface area contributed by atoms with E-state index in [9.17, 15) is 4.57 Å². The van der Waals surface area contributed by atoms with Crippen LogP contribution < -0.4 is 0 Å². The molecule has 320 valence electrons. The number of hydrogen-bond acceptors (Lipinski definition) is 6. The lowest BCUT2D eigenvalue weighted by Crippen LogP contribution is -2.33. The Balaban J connectivity index is 4.83. The summed E-state index contributed by atoms with van der Waals surface area (Å²) in [6, 6.07) is 0. The average Bonchev–Trinajstić information content (AvgIpc) is 3.15. The molecule has 0 aromatic heterocycles. The summed E-state index contributed by atoms with van der Waals surface area (Å²) in [4.78, 5) is 5.46. The van der Waals surface area contributed by atoms with Gasteiger partial charge in [-0.25, -0.2) is 4.57 Å².